The molecule has 6 nitrogen and oxygen atoms in total. The van der Waals surface area contributed by atoms with Crippen LogP contribution in [0.1, 0.15) is 24.8 Å². The van der Waals surface area contributed by atoms with Gasteiger partial charge in [0.2, 0.25) is 5.91 Å². The second kappa shape index (κ2) is 10.8. The van der Waals surface area contributed by atoms with E-state index in [-0.39, 0.29) is 5.91 Å². The van der Waals surface area contributed by atoms with Gasteiger partial charge >= 0.3 is 0 Å². The highest BCUT2D eigenvalue weighted by atomic mass is 16.5. The van der Waals surface area contributed by atoms with Gasteiger partial charge in [-0.1, -0.05) is 12.1 Å². The zero-order valence-electron chi connectivity index (χ0n) is 17.4. The summed E-state index contributed by atoms with van der Waals surface area (Å²) in [5, 5.41) is 0. The van der Waals surface area contributed by atoms with Gasteiger partial charge in [-0.2, -0.15) is 0 Å². The number of methoxy groups -OCH3 is 1. The average molecular weight is 390 g/mol. The molecule has 2 fully saturated rings. The Hall–Kier alpha value is -1.63. The Kier molecular flexibility index (Phi) is 8.13. The fraction of sp³-hybridized carbons (Fsp3) is 0.682. The predicted octanol–water partition coefficient (Wildman–Crippen LogP) is 1.88. The Morgan fingerprint density at radius 2 is 1.96 bits per heavy atom. The highest BCUT2D eigenvalue weighted by Crippen LogP contribution is 2.19. The SMILES string of the molecule is COc1cccc(CC(=O)N(CCCN2CCN(C)CC2)C2CCOCC2)c1. The number of rotatable bonds is 8. The lowest BCUT2D eigenvalue weighted by molar-refractivity contribution is -0.134. The van der Waals surface area contributed by atoms with Crippen LogP contribution >= 0.6 is 0 Å². The van der Waals surface area contributed by atoms with Gasteiger partial charge in [-0.05, 0) is 50.6 Å². The van der Waals surface area contributed by atoms with Gasteiger partial charge in [0, 0.05) is 52.0 Å². The number of benzene rings is 1. The molecule has 0 spiro atoms. The van der Waals surface area contributed by atoms with E-state index < -0.39 is 0 Å². The van der Waals surface area contributed by atoms with Gasteiger partial charge in [0.15, 0.2) is 0 Å². The number of carbonyl (C=O) groups is 1. The maximum atomic E-state index is 13.2. The monoisotopic (exact) mass is 389 g/mol. The van der Waals surface area contributed by atoms with E-state index in [0.717, 1.165) is 83.1 Å². The van der Waals surface area contributed by atoms with Crippen LogP contribution in [0, 0.1) is 0 Å². The Morgan fingerprint density at radius 3 is 2.68 bits per heavy atom. The van der Waals surface area contributed by atoms with E-state index in [1.807, 2.05) is 24.3 Å². The molecule has 2 aliphatic heterocycles. The molecule has 156 valence electrons. The summed E-state index contributed by atoms with van der Waals surface area (Å²) in [6, 6.07) is 8.14. The number of amides is 1. The Balaban J connectivity index is 1.56. The molecule has 0 bridgehead atoms. The van der Waals surface area contributed by atoms with E-state index in [1.165, 1.54) is 0 Å². The first kappa shape index (κ1) is 21.1. The summed E-state index contributed by atoms with van der Waals surface area (Å²) in [4.78, 5) is 20.2. The maximum absolute atomic E-state index is 13.2. The lowest BCUT2D eigenvalue weighted by Gasteiger charge is -2.36. The summed E-state index contributed by atoms with van der Waals surface area (Å²) in [6.07, 6.45) is 3.35. The number of likely N-dealkylation sites (N-methyl/N-ethyl adjacent to an activating group) is 1. The van der Waals surface area contributed by atoms with E-state index in [9.17, 15) is 4.79 Å². The molecule has 0 aliphatic carbocycles. The minimum absolute atomic E-state index is 0.221. The molecule has 2 aliphatic rings. The molecule has 1 aromatic carbocycles. The van der Waals surface area contributed by atoms with Crippen LogP contribution in [0.2, 0.25) is 0 Å². The molecule has 1 aromatic rings. The van der Waals surface area contributed by atoms with Crippen LogP contribution in [0.5, 0.6) is 5.75 Å². The van der Waals surface area contributed by atoms with Crippen molar-refractivity contribution in [2.75, 3.05) is 66.6 Å². The molecule has 0 unspecified atom stereocenters. The van der Waals surface area contributed by atoms with Crippen molar-refractivity contribution in [2.45, 2.75) is 31.7 Å². The number of piperazine rings is 1. The topological polar surface area (TPSA) is 45.2 Å². The van der Waals surface area contributed by atoms with Crippen LogP contribution in [0.4, 0.5) is 0 Å². The first-order valence-electron chi connectivity index (χ1n) is 10.6. The third kappa shape index (κ3) is 6.19. The van der Waals surface area contributed by atoms with Crippen molar-refractivity contribution in [3.63, 3.8) is 0 Å². The lowest BCUT2D eigenvalue weighted by atomic mass is 10.0. The summed E-state index contributed by atoms with van der Waals surface area (Å²) in [7, 11) is 3.84. The van der Waals surface area contributed by atoms with Gasteiger partial charge in [-0.15, -0.1) is 0 Å². The van der Waals surface area contributed by atoms with Crippen LogP contribution in [-0.2, 0) is 16.0 Å². The fourth-order valence-electron chi connectivity index (χ4n) is 4.10. The number of carbonyl (C=O) groups excluding carboxylic acids is 1. The van der Waals surface area contributed by atoms with E-state index in [0.29, 0.717) is 12.5 Å². The van der Waals surface area contributed by atoms with Crippen molar-refractivity contribution in [1.29, 1.82) is 0 Å². The predicted molar refractivity (Wildman–Crippen MR) is 111 cm³/mol. The van der Waals surface area contributed by atoms with Crippen LogP contribution in [-0.4, -0.2) is 93.3 Å². The van der Waals surface area contributed by atoms with Crippen molar-refractivity contribution >= 4 is 5.91 Å². The highest BCUT2D eigenvalue weighted by Gasteiger charge is 2.26. The summed E-state index contributed by atoms with van der Waals surface area (Å²) < 4.78 is 10.8. The third-order valence-electron chi connectivity index (χ3n) is 5.91. The molecule has 28 heavy (non-hydrogen) atoms. The molecule has 0 aromatic heterocycles. The fourth-order valence-corrected chi connectivity index (χ4v) is 4.10. The summed E-state index contributed by atoms with van der Waals surface area (Å²) in [5.74, 6) is 1.02. The normalized spacial score (nSPS) is 19.5. The standard InChI is InChI=1S/C22H35N3O3/c1-23-11-13-24(14-12-23)9-4-10-25(20-7-15-28-16-8-20)22(26)18-19-5-3-6-21(17-19)27-2/h3,5-6,17,20H,4,7-16,18H2,1-2H3. The molecule has 2 saturated heterocycles. The van der Waals surface area contributed by atoms with Crippen molar-refractivity contribution in [1.82, 2.24) is 14.7 Å². The zero-order chi connectivity index (χ0) is 19.8. The van der Waals surface area contributed by atoms with Crippen molar-refractivity contribution in [3.05, 3.63) is 29.8 Å². The average Bonchev–Trinajstić information content (AvgIpc) is 2.73. The Bertz CT molecular complexity index is 611. The van der Waals surface area contributed by atoms with Crippen LogP contribution in [0.15, 0.2) is 24.3 Å². The van der Waals surface area contributed by atoms with Gasteiger partial charge in [0.05, 0.1) is 13.5 Å². The largest absolute Gasteiger partial charge is 0.497 e. The first-order chi connectivity index (χ1) is 13.7. The number of hydrogen-bond donors (Lipinski definition) is 0. The molecular formula is C22H35N3O3. The Morgan fingerprint density at radius 1 is 1.21 bits per heavy atom. The third-order valence-corrected chi connectivity index (χ3v) is 5.91. The smallest absolute Gasteiger partial charge is 0.227 e. The zero-order valence-corrected chi connectivity index (χ0v) is 17.4. The molecule has 0 radical (unpaired) electrons. The Labute approximate surface area is 169 Å². The molecule has 0 N–H and O–H groups in total. The molecule has 0 saturated carbocycles. The van der Waals surface area contributed by atoms with Crippen LogP contribution < -0.4 is 4.74 Å². The summed E-state index contributed by atoms with van der Waals surface area (Å²) >= 11 is 0. The number of hydrogen-bond acceptors (Lipinski definition) is 5. The molecule has 0 atom stereocenters. The van der Waals surface area contributed by atoms with Crippen molar-refractivity contribution in [2.24, 2.45) is 0 Å². The summed E-state index contributed by atoms with van der Waals surface area (Å²) in [5.41, 5.74) is 1.01. The van der Waals surface area contributed by atoms with Crippen molar-refractivity contribution < 1.29 is 14.3 Å². The molecule has 6 heteroatoms. The quantitative estimate of drug-likeness (QED) is 0.679. The van der Waals surface area contributed by atoms with E-state index in [4.69, 9.17) is 9.47 Å². The molecule has 3 rings (SSSR count). The number of nitrogens with zero attached hydrogens (tertiary/aromatic N) is 3. The van der Waals surface area contributed by atoms with Gasteiger partial charge in [0.1, 0.15) is 5.75 Å². The van der Waals surface area contributed by atoms with Gasteiger partial charge in [-0.25, -0.2) is 0 Å². The van der Waals surface area contributed by atoms with E-state index >= 15 is 0 Å². The second-order valence-electron chi connectivity index (χ2n) is 7.96. The highest BCUT2D eigenvalue weighted by molar-refractivity contribution is 5.79. The first-order valence-corrected chi connectivity index (χ1v) is 10.6. The maximum Gasteiger partial charge on any atom is 0.227 e. The minimum Gasteiger partial charge on any atom is -0.497 e. The molecule has 2 heterocycles. The molecule has 1 amide bonds. The summed E-state index contributed by atoms with van der Waals surface area (Å²) in [6.45, 7) is 7.95. The van der Waals surface area contributed by atoms with Crippen LogP contribution in [0.3, 0.4) is 0 Å². The number of ether oxygens (including phenoxy) is 2. The van der Waals surface area contributed by atoms with E-state index in [2.05, 4.69) is 21.7 Å². The van der Waals surface area contributed by atoms with E-state index in [1.54, 1.807) is 7.11 Å². The van der Waals surface area contributed by atoms with Gasteiger partial charge in [-0.3, -0.25) is 4.79 Å². The second-order valence-corrected chi connectivity index (χ2v) is 7.96. The van der Waals surface area contributed by atoms with Gasteiger partial charge < -0.3 is 24.2 Å². The molecular weight excluding hydrogens is 354 g/mol. The minimum atomic E-state index is 0.221. The van der Waals surface area contributed by atoms with Crippen LogP contribution in [0.25, 0.3) is 0 Å². The lowest BCUT2D eigenvalue weighted by Crippen LogP contribution is -2.47. The van der Waals surface area contributed by atoms with Crippen molar-refractivity contribution in [3.8, 4) is 5.75 Å². The van der Waals surface area contributed by atoms with Gasteiger partial charge in [0.25, 0.3) is 0 Å².